The van der Waals surface area contributed by atoms with Gasteiger partial charge in [0.2, 0.25) is 5.91 Å². The predicted octanol–water partition coefficient (Wildman–Crippen LogP) is 1.70. The Balaban J connectivity index is 2.54. The van der Waals surface area contributed by atoms with Gasteiger partial charge in [0.25, 0.3) is 0 Å². The van der Waals surface area contributed by atoms with Crippen LogP contribution in [0.5, 0.6) is 5.75 Å². The lowest BCUT2D eigenvalue weighted by molar-refractivity contribution is -0.121. The van der Waals surface area contributed by atoms with Crippen LogP contribution in [-0.4, -0.2) is 19.6 Å². The minimum Gasteiger partial charge on any atom is -0.496 e. The van der Waals surface area contributed by atoms with E-state index in [9.17, 15) is 4.79 Å². The number of halogens is 1. The second kappa shape index (κ2) is 7.14. The average molecular weight is 257 g/mol. The molecule has 0 radical (unpaired) electrons. The van der Waals surface area contributed by atoms with E-state index in [0.717, 1.165) is 5.56 Å². The Morgan fingerprint density at radius 2 is 2.29 bits per heavy atom. The SMILES string of the molecule is COc1cc(Cl)ccc1CNC(=O)CCCN. The third-order valence-electron chi connectivity index (χ3n) is 2.33. The maximum Gasteiger partial charge on any atom is 0.220 e. The fourth-order valence-electron chi connectivity index (χ4n) is 1.41. The van der Waals surface area contributed by atoms with Gasteiger partial charge in [0.15, 0.2) is 0 Å². The van der Waals surface area contributed by atoms with Gasteiger partial charge in [-0.25, -0.2) is 0 Å². The number of ether oxygens (including phenoxy) is 1. The Kier molecular flexibility index (Phi) is 5.80. The Morgan fingerprint density at radius 3 is 2.94 bits per heavy atom. The van der Waals surface area contributed by atoms with Gasteiger partial charge in [-0.15, -0.1) is 0 Å². The monoisotopic (exact) mass is 256 g/mol. The van der Waals surface area contributed by atoms with Crippen LogP contribution in [0.3, 0.4) is 0 Å². The molecule has 0 aliphatic carbocycles. The fourth-order valence-corrected chi connectivity index (χ4v) is 1.57. The van der Waals surface area contributed by atoms with Crippen LogP contribution in [0.4, 0.5) is 0 Å². The molecule has 0 aromatic heterocycles. The van der Waals surface area contributed by atoms with Crippen LogP contribution in [0.1, 0.15) is 18.4 Å². The second-order valence-corrected chi connectivity index (χ2v) is 4.06. The van der Waals surface area contributed by atoms with Crippen LogP contribution in [0.2, 0.25) is 5.02 Å². The number of carbonyl (C=O) groups excluding carboxylic acids is 1. The number of amides is 1. The van der Waals surface area contributed by atoms with Gasteiger partial charge in [0, 0.05) is 23.6 Å². The number of nitrogens with two attached hydrogens (primary N) is 1. The molecule has 0 bridgehead atoms. The molecule has 0 heterocycles. The summed E-state index contributed by atoms with van der Waals surface area (Å²) in [6, 6.07) is 5.33. The number of rotatable bonds is 6. The van der Waals surface area contributed by atoms with Gasteiger partial charge >= 0.3 is 0 Å². The van der Waals surface area contributed by atoms with Gasteiger partial charge in [0.1, 0.15) is 5.75 Å². The van der Waals surface area contributed by atoms with Gasteiger partial charge in [-0.3, -0.25) is 4.79 Å². The van der Waals surface area contributed by atoms with E-state index in [0.29, 0.717) is 36.7 Å². The lowest BCUT2D eigenvalue weighted by Gasteiger charge is -2.10. The quantitative estimate of drug-likeness (QED) is 0.814. The smallest absolute Gasteiger partial charge is 0.220 e. The Hall–Kier alpha value is -1.26. The van der Waals surface area contributed by atoms with E-state index < -0.39 is 0 Å². The van der Waals surface area contributed by atoms with Gasteiger partial charge in [-0.2, -0.15) is 0 Å². The number of hydrogen-bond acceptors (Lipinski definition) is 3. The number of carbonyl (C=O) groups is 1. The summed E-state index contributed by atoms with van der Waals surface area (Å²) in [5, 5.41) is 3.42. The van der Waals surface area contributed by atoms with Crippen molar-refractivity contribution >= 4 is 17.5 Å². The summed E-state index contributed by atoms with van der Waals surface area (Å²) in [5.41, 5.74) is 6.23. The zero-order valence-corrected chi connectivity index (χ0v) is 10.6. The zero-order valence-electron chi connectivity index (χ0n) is 9.83. The molecular formula is C12H17ClN2O2. The van der Waals surface area contributed by atoms with Gasteiger partial charge in [-0.1, -0.05) is 17.7 Å². The fraction of sp³-hybridized carbons (Fsp3) is 0.417. The highest BCUT2D eigenvalue weighted by molar-refractivity contribution is 6.30. The Bertz CT molecular complexity index is 383. The Labute approximate surface area is 106 Å². The van der Waals surface area contributed by atoms with Crippen LogP contribution < -0.4 is 15.8 Å². The predicted molar refractivity (Wildman–Crippen MR) is 68.1 cm³/mol. The second-order valence-electron chi connectivity index (χ2n) is 3.63. The van der Waals surface area contributed by atoms with Gasteiger partial charge in [0.05, 0.1) is 7.11 Å². The van der Waals surface area contributed by atoms with E-state index in [1.54, 1.807) is 19.2 Å². The van der Waals surface area contributed by atoms with E-state index in [1.807, 2.05) is 6.07 Å². The molecule has 4 nitrogen and oxygen atoms in total. The molecule has 0 saturated carbocycles. The van der Waals surface area contributed by atoms with Crippen molar-refractivity contribution in [2.75, 3.05) is 13.7 Å². The van der Waals surface area contributed by atoms with E-state index in [2.05, 4.69) is 5.32 Å². The van der Waals surface area contributed by atoms with Crippen LogP contribution in [0, 0.1) is 0 Å². The minimum absolute atomic E-state index is 0.00699. The molecule has 5 heteroatoms. The van der Waals surface area contributed by atoms with E-state index in [4.69, 9.17) is 22.1 Å². The number of nitrogens with one attached hydrogen (secondary N) is 1. The molecule has 1 amide bonds. The minimum atomic E-state index is -0.00699. The number of methoxy groups -OCH3 is 1. The van der Waals surface area contributed by atoms with Crippen molar-refractivity contribution < 1.29 is 9.53 Å². The standard InChI is InChI=1S/C12H17ClN2O2/c1-17-11-7-10(13)5-4-9(11)8-15-12(16)3-2-6-14/h4-5,7H,2-3,6,8,14H2,1H3,(H,15,16). The summed E-state index contributed by atoms with van der Waals surface area (Å²) in [4.78, 5) is 11.4. The molecule has 1 rings (SSSR count). The van der Waals surface area contributed by atoms with Crippen molar-refractivity contribution in [2.24, 2.45) is 5.73 Å². The van der Waals surface area contributed by atoms with Gasteiger partial charge in [-0.05, 0) is 25.1 Å². The van der Waals surface area contributed by atoms with Crippen LogP contribution in [0.15, 0.2) is 18.2 Å². The molecule has 94 valence electrons. The Morgan fingerprint density at radius 1 is 1.53 bits per heavy atom. The van der Waals surface area contributed by atoms with Crippen molar-refractivity contribution in [3.63, 3.8) is 0 Å². The molecule has 0 aliphatic rings. The third kappa shape index (κ3) is 4.63. The van der Waals surface area contributed by atoms with Crippen LogP contribution >= 0.6 is 11.6 Å². The van der Waals surface area contributed by atoms with Gasteiger partial charge < -0.3 is 15.8 Å². The number of benzene rings is 1. The van der Waals surface area contributed by atoms with E-state index >= 15 is 0 Å². The molecule has 3 N–H and O–H groups in total. The van der Waals surface area contributed by atoms with Crippen molar-refractivity contribution in [1.82, 2.24) is 5.32 Å². The molecule has 1 aromatic carbocycles. The highest BCUT2D eigenvalue weighted by Crippen LogP contribution is 2.22. The summed E-state index contributed by atoms with van der Waals surface area (Å²) in [6.45, 7) is 0.960. The first-order valence-corrected chi connectivity index (χ1v) is 5.84. The number of hydrogen-bond donors (Lipinski definition) is 2. The summed E-state index contributed by atoms with van der Waals surface area (Å²) in [6.07, 6.45) is 1.15. The largest absolute Gasteiger partial charge is 0.496 e. The summed E-state index contributed by atoms with van der Waals surface area (Å²) in [7, 11) is 1.57. The highest BCUT2D eigenvalue weighted by atomic mass is 35.5. The zero-order chi connectivity index (χ0) is 12.7. The molecule has 0 unspecified atom stereocenters. The maximum atomic E-state index is 11.4. The van der Waals surface area contributed by atoms with Crippen molar-refractivity contribution in [2.45, 2.75) is 19.4 Å². The lowest BCUT2D eigenvalue weighted by Crippen LogP contribution is -2.23. The van der Waals surface area contributed by atoms with E-state index in [1.165, 1.54) is 0 Å². The van der Waals surface area contributed by atoms with E-state index in [-0.39, 0.29) is 5.91 Å². The highest BCUT2D eigenvalue weighted by Gasteiger charge is 2.05. The normalized spacial score (nSPS) is 10.1. The topological polar surface area (TPSA) is 64.3 Å². The summed E-state index contributed by atoms with van der Waals surface area (Å²) in [5.74, 6) is 0.670. The van der Waals surface area contributed by atoms with Crippen molar-refractivity contribution in [1.29, 1.82) is 0 Å². The molecule has 0 fully saturated rings. The molecule has 0 aliphatic heterocycles. The molecule has 0 spiro atoms. The third-order valence-corrected chi connectivity index (χ3v) is 2.57. The average Bonchev–Trinajstić information content (AvgIpc) is 2.34. The lowest BCUT2D eigenvalue weighted by atomic mass is 10.2. The molecular weight excluding hydrogens is 240 g/mol. The maximum absolute atomic E-state index is 11.4. The summed E-state index contributed by atoms with van der Waals surface area (Å²) >= 11 is 5.85. The van der Waals surface area contributed by atoms with Crippen LogP contribution in [0.25, 0.3) is 0 Å². The van der Waals surface area contributed by atoms with Crippen molar-refractivity contribution in [3.05, 3.63) is 28.8 Å². The molecule has 0 saturated heterocycles. The summed E-state index contributed by atoms with van der Waals surface area (Å²) < 4.78 is 5.18. The van der Waals surface area contributed by atoms with Crippen LogP contribution in [-0.2, 0) is 11.3 Å². The first-order chi connectivity index (χ1) is 8.17. The molecule has 17 heavy (non-hydrogen) atoms. The first kappa shape index (κ1) is 13.8. The first-order valence-electron chi connectivity index (χ1n) is 5.46. The van der Waals surface area contributed by atoms with Crippen molar-refractivity contribution in [3.8, 4) is 5.75 Å². The molecule has 1 aromatic rings. The molecule has 0 atom stereocenters.